The smallest absolute Gasteiger partial charge is 0.238 e. The minimum absolute atomic E-state index is 0.184. The Morgan fingerprint density at radius 1 is 0.900 bits per heavy atom. The highest BCUT2D eigenvalue weighted by molar-refractivity contribution is 9.10. The van der Waals surface area contributed by atoms with Gasteiger partial charge in [0.1, 0.15) is 11.0 Å². The molecule has 0 fully saturated rings. The van der Waals surface area contributed by atoms with Gasteiger partial charge in [0.05, 0.1) is 5.75 Å². The van der Waals surface area contributed by atoms with Crippen molar-refractivity contribution >= 4 is 31.7 Å². The van der Waals surface area contributed by atoms with Crippen LogP contribution in [0.1, 0.15) is 18.1 Å². The zero-order valence-corrected chi connectivity index (χ0v) is 18.8. The highest BCUT2D eigenvalue weighted by Crippen LogP contribution is 2.22. The van der Waals surface area contributed by atoms with Crippen molar-refractivity contribution < 1.29 is 18.3 Å². The second-order valence-corrected chi connectivity index (χ2v) is 10.3. The lowest BCUT2D eigenvalue weighted by molar-refractivity contribution is -0.120. The van der Waals surface area contributed by atoms with Crippen LogP contribution in [0, 0.1) is 0 Å². The third-order valence-electron chi connectivity index (χ3n) is 4.81. The van der Waals surface area contributed by atoms with Crippen LogP contribution in [0.2, 0.25) is 0 Å². The van der Waals surface area contributed by atoms with Gasteiger partial charge in [-0.1, -0.05) is 64.5 Å². The average molecular weight is 488 g/mol. The van der Waals surface area contributed by atoms with E-state index in [1.165, 1.54) is 6.92 Å². The van der Waals surface area contributed by atoms with Crippen molar-refractivity contribution in [1.29, 1.82) is 0 Å². The minimum Gasteiger partial charge on any atom is -0.508 e. The van der Waals surface area contributed by atoms with E-state index in [1.54, 1.807) is 36.4 Å². The normalized spacial score (nSPS) is 12.3. The lowest BCUT2D eigenvalue weighted by Gasteiger charge is -2.14. The third-order valence-corrected chi connectivity index (χ3v) is 7.37. The summed E-state index contributed by atoms with van der Waals surface area (Å²) in [7, 11) is -3.62. The molecule has 3 rings (SSSR count). The first-order valence-electron chi connectivity index (χ1n) is 9.37. The molecule has 3 aromatic rings. The molecule has 156 valence electrons. The Labute approximate surface area is 184 Å². The third kappa shape index (κ3) is 5.70. The summed E-state index contributed by atoms with van der Waals surface area (Å²) in [5, 5.41) is 10.9. The van der Waals surface area contributed by atoms with E-state index < -0.39 is 21.0 Å². The summed E-state index contributed by atoms with van der Waals surface area (Å²) in [6.45, 7) is 1.66. The number of carbonyl (C=O) groups is 1. The van der Waals surface area contributed by atoms with Crippen molar-refractivity contribution in [1.82, 2.24) is 5.32 Å². The lowest BCUT2D eigenvalue weighted by Crippen LogP contribution is -2.38. The molecule has 0 aliphatic rings. The number of phenols is 1. The molecule has 0 saturated carbocycles. The molecule has 1 amide bonds. The summed E-state index contributed by atoms with van der Waals surface area (Å²) in [5.41, 5.74) is 3.46. The van der Waals surface area contributed by atoms with Crippen LogP contribution in [-0.4, -0.2) is 24.7 Å². The highest BCUT2D eigenvalue weighted by Gasteiger charge is 2.28. The summed E-state index contributed by atoms with van der Waals surface area (Å²) >= 11 is 3.32. The van der Waals surface area contributed by atoms with E-state index in [0.29, 0.717) is 5.56 Å². The predicted molar refractivity (Wildman–Crippen MR) is 122 cm³/mol. The first kappa shape index (κ1) is 22.1. The van der Waals surface area contributed by atoms with Gasteiger partial charge in [0.25, 0.3) is 0 Å². The van der Waals surface area contributed by atoms with Crippen LogP contribution < -0.4 is 5.32 Å². The first-order chi connectivity index (χ1) is 14.2. The van der Waals surface area contributed by atoms with E-state index in [2.05, 4.69) is 21.2 Å². The molecule has 0 heterocycles. The molecule has 0 aromatic heterocycles. The molecule has 5 nitrogen and oxygen atoms in total. The lowest BCUT2D eigenvalue weighted by atomic mass is 10.0. The maximum absolute atomic E-state index is 12.6. The molecule has 0 aliphatic heterocycles. The Morgan fingerprint density at radius 2 is 1.40 bits per heavy atom. The molecule has 0 radical (unpaired) electrons. The molecule has 7 heteroatoms. The summed E-state index contributed by atoms with van der Waals surface area (Å²) in [5.74, 6) is -0.493. The van der Waals surface area contributed by atoms with Crippen molar-refractivity contribution in [2.24, 2.45) is 0 Å². The number of benzene rings is 3. The summed E-state index contributed by atoms with van der Waals surface area (Å²) < 4.78 is 26.0. The van der Waals surface area contributed by atoms with Gasteiger partial charge in [-0.3, -0.25) is 4.79 Å². The number of hydrogen-bond donors (Lipinski definition) is 2. The van der Waals surface area contributed by atoms with Crippen LogP contribution in [0.3, 0.4) is 0 Å². The van der Waals surface area contributed by atoms with Gasteiger partial charge in [-0.2, -0.15) is 0 Å². The zero-order valence-electron chi connectivity index (χ0n) is 16.4. The number of phenolic OH excluding ortho intramolecular Hbond substituents is 1. The van der Waals surface area contributed by atoms with Gasteiger partial charge in [-0.15, -0.1) is 0 Å². The standard InChI is InChI=1S/C23H22BrNO4S/c1-16(30(28,29)15-18-4-10-21(24)11-5-18)23(27)25-14-17-2-6-19(7-3-17)20-8-12-22(26)13-9-20/h2-13,16,26H,14-15H2,1H3,(H,25,27). The molecular weight excluding hydrogens is 466 g/mol. The Balaban J connectivity index is 1.58. The Kier molecular flexibility index (Phi) is 6.95. The summed E-state index contributed by atoms with van der Waals surface area (Å²) in [6.07, 6.45) is 0. The molecule has 0 aliphatic carbocycles. The number of halogens is 1. The number of aromatic hydroxyl groups is 1. The van der Waals surface area contributed by atoms with Gasteiger partial charge < -0.3 is 10.4 Å². The second-order valence-electron chi connectivity index (χ2n) is 7.04. The van der Waals surface area contributed by atoms with Crippen LogP contribution in [0.25, 0.3) is 11.1 Å². The fraction of sp³-hybridized carbons (Fsp3) is 0.174. The molecule has 3 aromatic carbocycles. The molecule has 30 heavy (non-hydrogen) atoms. The number of rotatable bonds is 7. The largest absolute Gasteiger partial charge is 0.508 e. The minimum atomic E-state index is -3.62. The predicted octanol–water partition coefficient (Wildman–Crippen LogP) is 4.44. The quantitative estimate of drug-likeness (QED) is 0.515. The van der Waals surface area contributed by atoms with Crippen LogP contribution in [-0.2, 0) is 26.9 Å². The molecule has 0 saturated heterocycles. The second kappa shape index (κ2) is 9.45. The van der Waals surface area contributed by atoms with Gasteiger partial charge in [0.15, 0.2) is 9.84 Å². The fourth-order valence-corrected chi connectivity index (χ4v) is 4.48. The van der Waals surface area contributed by atoms with Gasteiger partial charge in [-0.25, -0.2) is 8.42 Å². The zero-order chi connectivity index (χ0) is 21.7. The number of sulfone groups is 1. The van der Waals surface area contributed by atoms with Crippen LogP contribution in [0.5, 0.6) is 5.75 Å². The van der Waals surface area contributed by atoms with Crippen molar-refractivity contribution in [3.63, 3.8) is 0 Å². The molecular formula is C23H22BrNO4S. The fourth-order valence-electron chi connectivity index (χ4n) is 2.90. The highest BCUT2D eigenvalue weighted by atomic mass is 79.9. The molecule has 0 bridgehead atoms. The van der Waals surface area contributed by atoms with E-state index in [-0.39, 0.29) is 18.0 Å². The van der Waals surface area contributed by atoms with Crippen LogP contribution in [0.15, 0.2) is 77.3 Å². The molecule has 0 spiro atoms. The number of carbonyl (C=O) groups excluding carboxylic acids is 1. The Bertz CT molecular complexity index is 1110. The molecule has 1 atom stereocenters. The average Bonchev–Trinajstić information content (AvgIpc) is 2.74. The maximum atomic E-state index is 12.6. The first-order valence-corrected chi connectivity index (χ1v) is 11.9. The SMILES string of the molecule is CC(C(=O)NCc1ccc(-c2ccc(O)cc2)cc1)S(=O)(=O)Cc1ccc(Br)cc1. The Morgan fingerprint density at radius 3 is 1.97 bits per heavy atom. The number of hydrogen-bond acceptors (Lipinski definition) is 4. The van der Waals surface area contributed by atoms with E-state index in [0.717, 1.165) is 21.2 Å². The number of amides is 1. The maximum Gasteiger partial charge on any atom is 0.238 e. The summed E-state index contributed by atoms with van der Waals surface area (Å²) in [6, 6.07) is 21.5. The van der Waals surface area contributed by atoms with Gasteiger partial charge in [0, 0.05) is 11.0 Å². The van der Waals surface area contributed by atoms with E-state index in [1.807, 2.05) is 36.4 Å². The Hall–Kier alpha value is -2.64. The summed E-state index contributed by atoms with van der Waals surface area (Å²) in [4.78, 5) is 12.4. The molecule has 1 unspecified atom stereocenters. The van der Waals surface area contributed by atoms with E-state index in [4.69, 9.17) is 0 Å². The topological polar surface area (TPSA) is 83.5 Å². The van der Waals surface area contributed by atoms with Crippen LogP contribution in [0.4, 0.5) is 0 Å². The number of nitrogens with one attached hydrogen (secondary N) is 1. The van der Waals surface area contributed by atoms with E-state index >= 15 is 0 Å². The van der Waals surface area contributed by atoms with Crippen molar-refractivity contribution in [3.05, 3.63) is 88.4 Å². The van der Waals surface area contributed by atoms with E-state index in [9.17, 15) is 18.3 Å². The van der Waals surface area contributed by atoms with Crippen molar-refractivity contribution in [2.75, 3.05) is 0 Å². The van der Waals surface area contributed by atoms with Crippen LogP contribution >= 0.6 is 15.9 Å². The molecule has 2 N–H and O–H groups in total. The van der Waals surface area contributed by atoms with Gasteiger partial charge >= 0.3 is 0 Å². The van der Waals surface area contributed by atoms with Gasteiger partial charge in [-0.05, 0) is 53.4 Å². The van der Waals surface area contributed by atoms with Crippen molar-refractivity contribution in [3.8, 4) is 16.9 Å². The van der Waals surface area contributed by atoms with Gasteiger partial charge in [0.2, 0.25) is 5.91 Å². The monoisotopic (exact) mass is 487 g/mol. The van der Waals surface area contributed by atoms with Crippen molar-refractivity contribution in [2.45, 2.75) is 24.5 Å².